The van der Waals surface area contributed by atoms with Crippen molar-refractivity contribution in [2.24, 2.45) is 5.41 Å². The van der Waals surface area contributed by atoms with Gasteiger partial charge in [0.25, 0.3) is 0 Å². The van der Waals surface area contributed by atoms with E-state index in [1.807, 2.05) is 6.92 Å². The quantitative estimate of drug-likeness (QED) is 0.347. The number of para-hydroxylation sites is 1. The first kappa shape index (κ1) is 17.4. The van der Waals surface area contributed by atoms with Gasteiger partial charge < -0.3 is 9.47 Å². The van der Waals surface area contributed by atoms with E-state index in [0.717, 1.165) is 12.5 Å². The number of esters is 2. The Morgan fingerprint density at radius 2 is 1.95 bits per heavy atom. The smallest absolute Gasteiger partial charge is 0.328 e. The molecule has 1 aromatic rings. The molecule has 0 radical (unpaired) electrons. The van der Waals surface area contributed by atoms with Crippen LogP contribution in [0, 0.1) is 11.2 Å². The Bertz CT molecular complexity index is 508. The van der Waals surface area contributed by atoms with Gasteiger partial charge in [0, 0.05) is 0 Å². The summed E-state index contributed by atoms with van der Waals surface area (Å²) < 4.78 is 23.5. The van der Waals surface area contributed by atoms with E-state index in [0.29, 0.717) is 6.42 Å². The molecule has 0 aliphatic carbocycles. The Labute approximate surface area is 128 Å². The molecule has 0 saturated heterocycles. The molecular formula is C15H18ClFO4. The number of rotatable bonds is 6. The number of halogens is 2. The van der Waals surface area contributed by atoms with E-state index in [4.69, 9.17) is 21.1 Å². The number of ether oxygens (including phenoxy) is 2. The number of carbonyl (C=O) groups excluding carboxylic acids is 2. The predicted molar refractivity (Wildman–Crippen MR) is 76.7 cm³/mol. The third kappa shape index (κ3) is 4.43. The van der Waals surface area contributed by atoms with Crippen molar-refractivity contribution in [3.05, 3.63) is 29.0 Å². The third-order valence-corrected chi connectivity index (χ3v) is 3.16. The molecule has 21 heavy (non-hydrogen) atoms. The molecule has 1 aromatic carbocycles. The van der Waals surface area contributed by atoms with E-state index in [1.165, 1.54) is 26.0 Å². The third-order valence-electron chi connectivity index (χ3n) is 2.87. The van der Waals surface area contributed by atoms with Crippen LogP contribution < -0.4 is 4.74 Å². The van der Waals surface area contributed by atoms with E-state index in [-0.39, 0.29) is 11.6 Å². The minimum absolute atomic E-state index is 0.0431. The summed E-state index contributed by atoms with van der Waals surface area (Å²) in [6.45, 7) is 4.90. The maximum absolute atomic E-state index is 13.6. The first-order chi connectivity index (χ1) is 9.80. The minimum Gasteiger partial charge on any atom is -0.465 e. The molecule has 0 saturated carbocycles. The molecule has 0 fully saturated rings. The van der Waals surface area contributed by atoms with Crippen LogP contribution in [0.15, 0.2) is 18.2 Å². The summed E-state index contributed by atoms with van der Waals surface area (Å²) in [4.78, 5) is 24.0. The highest BCUT2D eigenvalue weighted by molar-refractivity contribution is 6.32. The molecule has 0 N–H and O–H groups in total. The second-order valence-electron chi connectivity index (χ2n) is 5.05. The lowest BCUT2D eigenvalue weighted by atomic mass is 9.94. The van der Waals surface area contributed by atoms with Crippen LogP contribution in [0.1, 0.15) is 33.6 Å². The predicted octanol–water partition coefficient (Wildman–Crippen LogP) is 3.75. The molecule has 0 atom stereocenters. The van der Waals surface area contributed by atoms with Crippen molar-refractivity contribution >= 4 is 23.5 Å². The van der Waals surface area contributed by atoms with E-state index >= 15 is 0 Å². The molecule has 0 unspecified atom stereocenters. The number of carbonyl (C=O) groups is 2. The molecule has 116 valence electrons. The molecule has 0 bridgehead atoms. The molecular weight excluding hydrogens is 299 g/mol. The standard InChI is InChI=1S/C15H18ClFO4/c1-4-5-9-20-13(18)15(2,3)14(19)21-12-10(16)7-6-8-11(12)17/h6-8H,4-5,9H2,1-3H3. The van der Waals surface area contributed by atoms with Crippen molar-refractivity contribution in [1.82, 2.24) is 0 Å². The van der Waals surface area contributed by atoms with Crippen LogP contribution in [0.4, 0.5) is 4.39 Å². The maximum atomic E-state index is 13.6. The highest BCUT2D eigenvalue weighted by Crippen LogP contribution is 2.30. The zero-order valence-electron chi connectivity index (χ0n) is 12.2. The summed E-state index contributed by atoms with van der Waals surface area (Å²) in [7, 11) is 0. The number of hydrogen-bond donors (Lipinski definition) is 0. The Kier molecular flexibility index (Phi) is 6.15. The molecule has 0 amide bonds. The Balaban J connectivity index is 2.79. The van der Waals surface area contributed by atoms with Crippen LogP contribution in [-0.4, -0.2) is 18.5 Å². The van der Waals surface area contributed by atoms with Crippen molar-refractivity contribution in [2.45, 2.75) is 33.6 Å². The van der Waals surface area contributed by atoms with Gasteiger partial charge in [0.1, 0.15) is 0 Å². The van der Waals surface area contributed by atoms with E-state index in [1.54, 1.807) is 0 Å². The minimum atomic E-state index is -1.54. The molecule has 0 spiro atoms. The van der Waals surface area contributed by atoms with Crippen molar-refractivity contribution < 1.29 is 23.5 Å². The van der Waals surface area contributed by atoms with Crippen molar-refractivity contribution in [2.75, 3.05) is 6.61 Å². The second kappa shape index (κ2) is 7.41. The largest absolute Gasteiger partial charge is 0.465 e. The first-order valence-electron chi connectivity index (χ1n) is 6.64. The zero-order valence-corrected chi connectivity index (χ0v) is 13.0. The Morgan fingerprint density at radius 1 is 1.29 bits per heavy atom. The molecule has 0 aromatic heterocycles. The lowest BCUT2D eigenvalue weighted by Gasteiger charge is -2.21. The van der Waals surface area contributed by atoms with Gasteiger partial charge in [-0.05, 0) is 32.4 Å². The SMILES string of the molecule is CCCCOC(=O)C(C)(C)C(=O)Oc1c(F)cccc1Cl. The topological polar surface area (TPSA) is 52.6 Å². The molecule has 0 heterocycles. The normalized spacial score (nSPS) is 11.1. The highest BCUT2D eigenvalue weighted by Gasteiger charge is 2.40. The average molecular weight is 317 g/mol. The first-order valence-corrected chi connectivity index (χ1v) is 7.02. The van der Waals surface area contributed by atoms with E-state index in [9.17, 15) is 14.0 Å². The summed E-state index contributed by atoms with van der Waals surface area (Å²) in [5.41, 5.74) is -1.54. The highest BCUT2D eigenvalue weighted by atomic mass is 35.5. The Morgan fingerprint density at radius 3 is 2.52 bits per heavy atom. The maximum Gasteiger partial charge on any atom is 0.328 e. The van der Waals surface area contributed by atoms with Gasteiger partial charge in [0.2, 0.25) is 0 Å². The van der Waals surface area contributed by atoms with Gasteiger partial charge in [-0.3, -0.25) is 9.59 Å². The summed E-state index contributed by atoms with van der Waals surface area (Å²) >= 11 is 5.77. The number of benzene rings is 1. The van der Waals surface area contributed by atoms with Crippen LogP contribution >= 0.6 is 11.6 Å². The van der Waals surface area contributed by atoms with Gasteiger partial charge >= 0.3 is 11.9 Å². The fourth-order valence-corrected chi connectivity index (χ4v) is 1.57. The molecule has 6 heteroatoms. The van der Waals surface area contributed by atoms with E-state index in [2.05, 4.69) is 0 Å². The lowest BCUT2D eigenvalue weighted by molar-refractivity contribution is -0.164. The van der Waals surface area contributed by atoms with Crippen LogP contribution in [-0.2, 0) is 14.3 Å². The van der Waals surface area contributed by atoms with Gasteiger partial charge in [-0.25, -0.2) is 4.39 Å². The van der Waals surface area contributed by atoms with Gasteiger partial charge in [-0.15, -0.1) is 0 Å². The molecule has 4 nitrogen and oxygen atoms in total. The van der Waals surface area contributed by atoms with Gasteiger partial charge in [-0.1, -0.05) is 31.0 Å². The number of hydrogen-bond acceptors (Lipinski definition) is 4. The summed E-state index contributed by atoms with van der Waals surface area (Å²) in [6.07, 6.45) is 1.57. The van der Waals surface area contributed by atoms with Crippen LogP contribution in [0.25, 0.3) is 0 Å². The molecule has 0 aliphatic rings. The van der Waals surface area contributed by atoms with Crippen LogP contribution in [0.3, 0.4) is 0 Å². The molecule has 0 aliphatic heterocycles. The van der Waals surface area contributed by atoms with Crippen molar-refractivity contribution in [1.29, 1.82) is 0 Å². The van der Waals surface area contributed by atoms with E-state index < -0.39 is 28.9 Å². The number of unbranched alkanes of at least 4 members (excludes halogenated alkanes) is 1. The van der Waals surface area contributed by atoms with Crippen LogP contribution in [0.5, 0.6) is 5.75 Å². The van der Waals surface area contributed by atoms with Gasteiger partial charge in [0.15, 0.2) is 17.0 Å². The van der Waals surface area contributed by atoms with Gasteiger partial charge in [0.05, 0.1) is 11.6 Å². The summed E-state index contributed by atoms with van der Waals surface area (Å²) in [6, 6.07) is 3.89. The summed E-state index contributed by atoms with van der Waals surface area (Å²) in [5, 5.41) is -0.0431. The zero-order chi connectivity index (χ0) is 16.0. The Hall–Kier alpha value is -1.62. The monoisotopic (exact) mass is 316 g/mol. The fourth-order valence-electron chi connectivity index (χ4n) is 1.37. The van der Waals surface area contributed by atoms with Crippen LogP contribution in [0.2, 0.25) is 5.02 Å². The summed E-state index contributed by atoms with van der Waals surface area (Å²) in [5.74, 6) is -2.80. The van der Waals surface area contributed by atoms with Crippen molar-refractivity contribution in [3.8, 4) is 5.75 Å². The molecule has 1 rings (SSSR count). The van der Waals surface area contributed by atoms with Crippen molar-refractivity contribution in [3.63, 3.8) is 0 Å². The average Bonchev–Trinajstić information content (AvgIpc) is 2.42. The van der Waals surface area contributed by atoms with Gasteiger partial charge in [-0.2, -0.15) is 0 Å². The second-order valence-corrected chi connectivity index (χ2v) is 5.46. The fraction of sp³-hybridized carbons (Fsp3) is 0.467. The lowest BCUT2D eigenvalue weighted by Crippen LogP contribution is -2.38.